The third-order valence-corrected chi connectivity index (χ3v) is 4.01. The number of rotatable bonds is 4. The summed E-state index contributed by atoms with van der Waals surface area (Å²) in [5.41, 5.74) is 1.14. The lowest BCUT2D eigenvalue weighted by molar-refractivity contribution is -0.385. The summed E-state index contributed by atoms with van der Waals surface area (Å²) in [5.74, 6) is 0. The Morgan fingerprint density at radius 1 is 1.53 bits per heavy atom. The molecule has 4 nitrogen and oxygen atoms in total. The number of hydrogen-bond donors (Lipinski definition) is 0. The highest BCUT2D eigenvalue weighted by molar-refractivity contribution is 9.10. The molecule has 2 rings (SSSR count). The molecule has 0 saturated heterocycles. The van der Waals surface area contributed by atoms with Crippen molar-refractivity contribution >= 4 is 21.6 Å². The van der Waals surface area contributed by atoms with Crippen LogP contribution in [0.3, 0.4) is 0 Å². The number of benzene rings is 1. The zero-order valence-electron chi connectivity index (χ0n) is 9.73. The summed E-state index contributed by atoms with van der Waals surface area (Å²) in [5, 5.41) is 10.8. The molecule has 1 aliphatic rings. The normalized spacial score (nSPS) is 15.9. The van der Waals surface area contributed by atoms with Gasteiger partial charge >= 0.3 is 0 Å². The predicted octanol–water partition coefficient (Wildman–Crippen LogP) is 3.34. The molecule has 0 amide bonds. The molecule has 1 aromatic carbocycles. The lowest BCUT2D eigenvalue weighted by Crippen LogP contribution is -2.36. The van der Waals surface area contributed by atoms with E-state index in [9.17, 15) is 10.1 Å². The van der Waals surface area contributed by atoms with Gasteiger partial charge in [-0.2, -0.15) is 0 Å². The Morgan fingerprint density at radius 2 is 2.24 bits per heavy atom. The fraction of sp³-hybridized carbons (Fsp3) is 0.500. The zero-order valence-corrected chi connectivity index (χ0v) is 11.3. The van der Waals surface area contributed by atoms with Crippen LogP contribution < -0.4 is 0 Å². The maximum atomic E-state index is 10.8. The van der Waals surface area contributed by atoms with Crippen LogP contribution in [0.25, 0.3) is 0 Å². The van der Waals surface area contributed by atoms with E-state index in [1.807, 2.05) is 6.07 Å². The lowest BCUT2D eigenvalue weighted by atomic mass is 9.91. The van der Waals surface area contributed by atoms with E-state index in [1.165, 1.54) is 19.3 Å². The molecular formula is C12H15BrN2O2. The van der Waals surface area contributed by atoms with E-state index in [2.05, 4.69) is 27.9 Å². The summed E-state index contributed by atoms with van der Waals surface area (Å²) in [6.45, 7) is 0.777. The number of halogens is 1. The first kappa shape index (κ1) is 12.5. The molecule has 0 radical (unpaired) electrons. The SMILES string of the molecule is CN(Cc1ccc(Br)c([N+](=O)[O-])c1)C1CCC1. The van der Waals surface area contributed by atoms with E-state index in [-0.39, 0.29) is 10.6 Å². The average molecular weight is 299 g/mol. The molecule has 1 saturated carbocycles. The Kier molecular flexibility index (Phi) is 3.79. The van der Waals surface area contributed by atoms with Crippen LogP contribution in [0.1, 0.15) is 24.8 Å². The maximum Gasteiger partial charge on any atom is 0.283 e. The molecule has 1 aromatic rings. The Morgan fingerprint density at radius 3 is 2.76 bits per heavy atom. The minimum absolute atomic E-state index is 0.143. The van der Waals surface area contributed by atoms with E-state index in [4.69, 9.17) is 0 Å². The zero-order chi connectivity index (χ0) is 12.4. The van der Waals surface area contributed by atoms with Gasteiger partial charge in [0.2, 0.25) is 0 Å². The fourth-order valence-corrected chi connectivity index (χ4v) is 2.43. The second kappa shape index (κ2) is 5.14. The molecule has 5 heteroatoms. The van der Waals surface area contributed by atoms with E-state index >= 15 is 0 Å². The Bertz CT molecular complexity index is 433. The number of nitro benzene ring substituents is 1. The quantitative estimate of drug-likeness (QED) is 0.633. The van der Waals surface area contributed by atoms with Gasteiger partial charge in [-0.25, -0.2) is 0 Å². The molecule has 0 bridgehead atoms. The molecule has 0 unspecified atom stereocenters. The molecule has 0 aromatic heterocycles. The highest BCUT2D eigenvalue weighted by Gasteiger charge is 2.22. The van der Waals surface area contributed by atoms with Gasteiger partial charge in [-0.15, -0.1) is 0 Å². The van der Waals surface area contributed by atoms with Gasteiger partial charge in [-0.1, -0.05) is 12.5 Å². The van der Waals surface area contributed by atoms with Crippen LogP contribution in [0.2, 0.25) is 0 Å². The monoisotopic (exact) mass is 298 g/mol. The summed E-state index contributed by atoms with van der Waals surface area (Å²) in [4.78, 5) is 12.7. The first-order chi connectivity index (χ1) is 8.08. The van der Waals surface area contributed by atoms with Crippen molar-refractivity contribution in [3.05, 3.63) is 38.3 Å². The topological polar surface area (TPSA) is 46.4 Å². The van der Waals surface area contributed by atoms with E-state index in [0.29, 0.717) is 10.5 Å². The molecule has 17 heavy (non-hydrogen) atoms. The first-order valence-corrected chi connectivity index (χ1v) is 6.50. The number of nitro groups is 1. The van der Waals surface area contributed by atoms with Gasteiger partial charge in [0.15, 0.2) is 0 Å². The van der Waals surface area contributed by atoms with E-state index in [1.54, 1.807) is 12.1 Å². The number of hydrogen-bond acceptors (Lipinski definition) is 3. The van der Waals surface area contributed by atoms with E-state index in [0.717, 1.165) is 12.1 Å². The van der Waals surface area contributed by atoms with Crippen molar-refractivity contribution in [2.75, 3.05) is 7.05 Å². The average Bonchev–Trinajstić information content (AvgIpc) is 2.17. The third kappa shape index (κ3) is 2.84. The van der Waals surface area contributed by atoms with Crippen molar-refractivity contribution in [1.29, 1.82) is 0 Å². The molecule has 1 fully saturated rings. The van der Waals surface area contributed by atoms with Crippen LogP contribution >= 0.6 is 15.9 Å². The van der Waals surface area contributed by atoms with Gasteiger partial charge in [-0.3, -0.25) is 15.0 Å². The highest BCUT2D eigenvalue weighted by Crippen LogP contribution is 2.28. The summed E-state index contributed by atoms with van der Waals surface area (Å²) in [6, 6.07) is 5.99. The highest BCUT2D eigenvalue weighted by atomic mass is 79.9. The van der Waals surface area contributed by atoms with Gasteiger partial charge in [0.25, 0.3) is 5.69 Å². The van der Waals surface area contributed by atoms with Crippen molar-refractivity contribution < 1.29 is 4.92 Å². The van der Waals surface area contributed by atoms with Crippen LogP contribution in [0.15, 0.2) is 22.7 Å². The summed E-state index contributed by atoms with van der Waals surface area (Å²) in [6.07, 6.45) is 3.79. The summed E-state index contributed by atoms with van der Waals surface area (Å²) >= 11 is 3.20. The minimum Gasteiger partial charge on any atom is -0.299 e. The lowest BCUT2D eigenvalue weighted by Gasteiger charge is -2.34. The third-order valence-electron chi connectivity index (χ3n) is 3.34. The molecule has 1 aliphatic carbocycles. The van der Waals surface area contributed by atoms with Crippen molar-refractivity contribution in [2.24, 2.45) is 0 Å². The molecule has 0 N–H and O–H groups in total. The van der Waals surface area contributed by atoms with Crippen molar-refractivity contribution in [3.8, 4) is 0 Å². The molecular weight excluding hydrogens is 284 g/mol. The van der Waals surface area contributed by atoms with Crippen LogP contribution in [0, 0.1) is 10.1 Å². The van der Waals surface area contributed by atoms with Crippen molar-refractivity contribution in [1.82, 2.24) is 4.90 Å². The fourth-order valence-electron chi connectivity index (χ4n) is 2.04. The molecule has 92 valence electrons. The van der Waals surface area contributed by atoms with Crippen LogP contribution in [-0.4, -0.2) is 22.9 Å². The van der Waals surface area contributed by atoms with Crippen molar-refractivity contribution in [2.45, 2.75) is 31.8 Å². The van der Waals surface area contributed by atoms with Gasteiger partial charge in [0.05, 0.1) is 9.40 Å². The van der Waals surface area contributed by atoms with E-state index < -0.39 is 0 Å². The van der Waals surface area contributed by atoms with Crippen LogP contribution in [-0.2, 0) is 6.54 Å². The summed E-state index contributed by atoms with van der Waals surface area (Å²) in [7, 11) is 2.08. The van der Waals surface area contributed by atoms with Crippen LogP contribution in [0.4, 0.5) is 5.69 Å². The number of nitrogens with zero attached hydrogens (tertiary/aromatic N) is 2. The first-order valence-electron chi connectivity index (χ1n) is 5.71. The molecule has 0 atom stereocenters. The van der Waals surface area contributed by atoms with Gasteiger partial charge < -0.3 is 0 Å². The Hall–Kier alpha value is -0.940. The molecule has 0 spiro atoms. The van der Waals surface area contributed by atoms with Gasteiger partial charge in [-0.05, 0) is 47.4 Å². The van der Waals surface area contributed by atoms with Gasteiger partial charge in [0, 0.05) is 18.7 Å². The standard InChI is InChI=1S/C12H15BrN2O2/c1-14(10-3-2-4-10)8-9-5-6-11(13)12(7-9)15(16)17/h5-7,10H,2-4,8H2,1H3. The largest absolute Gasteiger partial charge is 0.299 e. The smallest absolute Gasteiger partial charge is 0.283 e. The predicted molar refractivity (Wildman–Crippen MR) is 69.9 cm³/mol. The summed E-state index contributed by atoms with van der Waals surface area (Å²) < 4.78 is 0.539. The van der Waals surface area contributed by atoms with Crippen LogP contribution in [0.5, 0.6) is 0 Å². The van der Waals surface area contributed by atoms with Gasteiger partial charge in [0.1, 0.15) is 0 Å². The molecule has 0 aliphatic heterocycles. The minimum atomic E-state index is -0.350. The second-order valence-corrected chi connectivity index (χ2v) is 5.40. The maximum absolute atomic E-state index is 10.8. The molecule has 0 heterocycles. The Balaban J connectivity index is 2.10. The Labute approximate surface area is 109 Å². The second-order valence-electron chi connectivity index (χ2n) is 4.54. The van der Waals surface area contributed by atoms with Crippen molar-refractivity contribution in [3.63, 3.8) is 0 Å².